The summed E-state index contributed by atoms with van der Waals surface area (Å²) in [5.41, 5.74) is 1.51. The van der Waals surface area contributed by atoms with Crippen molar-refractivity contribution in [3.05, 3.63) is 70.5 Å². The summed E-state index contributed by atoms with van der Waals surface area (Å²) in [6, 6.07) is 13.1. The van der Waals surface area contributed by atoms with Crippen molar-refractivity contribution in [1.29, 1.82) is 0 Å². The summed E-state index contributed by atoms with van der Waals surface area (Å²) in [7, 11) is 0. The van der Waals surface area contributed by atoms with Crippen molar-refractivity contribution < 1.29 is 4.79 Å². The van der Waals surface area contributed by atoms with Crippen molar-refractivity contribution in [2.75, 3.05) is 6.54 Å². The van der Waals surface area contributed by atoms with Gasteiger partial charge >= 0.3 is 0 Å². The fourth-order valence-corrected chi connectivity index (χ4v) is 2.94. The molecule has 0 saturated carbocycles. The van der Waals surface area contributed by atoms with Gasteiger partial charge in [-0.05, 0) is 24.1 Å². The zero-order valence-electron chi connectivity index (χ0n) is 13.2. The van der Waals surface area contributed by atoms with Gasteiger partial charge in [0.15, 0.2) is 0 Å². The summed E-state index contributed by atoms with van der Waals surface area (Å²) in [6.07, 6.45) is 5.96. The number of aromatic amines is 1. The molecule has 1 amide bonds. The molecule has 0 aliphatic carbocycles. The molecule has 0 bridgehead atoms. The first-order valence-electron chi connectivity index (χ1n) is 7.97. The van der Waals surface area contributed by atoms with Crippen molar-refractivity contribution in [2.24, 2.45) is 0 Å². The lowest BCUT2D eigenvalue weighted by atomic mass is 10.1. The first-order chi connectivity index (χ1) is 11.2. The summed E-state index contributed by atoms with van der Waals surface area (Å²) in [5.74, 6) is -0.200. The van der Waals surface area contributed by atoms with Crippen LogP contribution in [0.2, 0.25) is 0 Å². The quantitative estimate of drug-likeness (QED) is 0.882. The Bertz CT molecular complexity index is 777. The highest BCUT2D eigenvalue weighted by Crippen LogP contribution is 2.19. The Morgan fingerprint density at radius 3 is 2.70 bits per heavy atom. The Hall–Kier alpha value is -2.62. The average Bonchev–Trinajstić information content (AvgIpc) is 3.03. The number of nitrogens with zero attached hydrogens (tertiary/aromatic N) is 1. The molecule has 0 saturated heterocycles. The number of carbonyl (C=O) groups excluding carboxylic acids is 1. The highest BCUT2D eigenvalue weighted by atomic mass is 16.2. The van der Waals surface area contributed by atoms with Gasteiger partial charge in [-0.2, -0.15) is 0 Å². The summed E-state index contributed by atoms with van der Waals surface area (Å²) >= 11 is 0. The van der Waals surface area contributed by atoms with E-state index in [1.807, 2.05) is 42.5 Å². The minimum absolute atomic E-state index is 0.0979. The number of amides is 1. The molecule has 1 aliphatic rings. The van der Waals surface area contributed by atoms with Gasteiger partial charge in [0.05, 0.1) is 6.04 Å². The highest BCUT2D eigenvalue weighted by Gasteiger charge is 2.26. The topological polar surface area (TPSA) is 53.2 Å². The molecular weight excluding hydrogens is 288 g/mol. The number of rotatable bonds is 4. The van der Waals surface area contributed by atoms with E-state index < -0.39 is 0 Å². The van der Waals surface area contributed by atoms with E-state index in [1.165, 1.54) is 0 Å². The zero-order valence-corrected chi connectivity index (χ0v) is 13.2. The number of carbonyl (C=O) groups is 1. The van der Waals surface area contributed by atoms with E-state index >= 15 is 0 Å². The SMILES string of the molecule is CCCC1C=CCN1C(=O)c1ccc(-c2ccccc2)[nH]c1=O. The molecule has 118 valence electrons. The second-order valence-electron chi connectivity index (χ2n) is 5.72. The predicted molar refractivity (Wildman–Crippen MR) is 91.4 cm³/mol. The fraction of sp³-hybridized carbons (Fsp3) is 0.263. The zero-order chi connectivity index (χ0) is 16.2. The van der Waals surface area contributed by atoms with E-state index in [0.717, 1.165) is 24.1 Å². The molecule has 1 aromatic carbocycles. The fourth-order valence-electron chi connectivity index (χ4n) is 2.94. The van der Waals surface area contributed by atoms with Gasteiger partial charge in [0.25, 0.3) is 11.5 Å². The van der Waals surface area contributed by atoms with Gasteiger partial charge in [0.2, 0.25) is 0 Å². The third kappa shape index (κ3) is 3.11. The summed E-state index contributed by atoms with van der Waals surface area (Å²) in [4.78, 5) is 29.6. The van der Waals surface area contributed by atoms with Crippen LogP contribution in [0.5, 0.6) is 0 Å². The Balaban J connectivity index is 1.87. The molecule has 1 atom stereocenters. The summed E-state index contributed by atoms with van der Waals surface area (Å²) in [5, 5.41) is 0. The van der Waals surface area contributed by atoms with E-state index in [2.05, 4.69) is 11.9 Å². The van der Waals surface area contributed by atoms with Crippen molar-refractivity contribution in [2.45, 2.75) is 25.8 Å². The van der Waals surface area contributed by atoms with Crippen molar-refractivity contribution >= 4 is 5.91 Å². The number of H-pyrrole nitrogens is 1. The van der Waals surface area contributed by atoms with Crippen LogP contribution < -0.4 is 5.56 Å². The number of pyridine rings is 1. The van der Waals surface area contributed by atoms with Crippen molar-refractivity contribution in [3.8, 4) is 11.3 Å². The first kappa shape index (κ1) is 15.3. The number of benzene rings is 1. The molecule has 1 unspecified atom stereocenters. The number of nitrogens with one attached hydrogen (secondary N) is 1. The average molecular weight is 308 g/mol. The molecule has 2 aromatic rings. The lowest BCUT2D eigenvalue weighted by molar-refractivity contribution is 0.0742. The maximum Gasteiger partial charge on any atom is 0.261 e. The molecule has 4 heteroatoms. The molecule has 0 spiro atoms. The molecule has 0 fully saturated rings. The molecule has 23 heavy (non-hydrogen) atoms. The van der Waals surface area contributed by atoms with Gasteiger partial charge < -0.3 is 9.88 Å². The Morgan fingerprint density at radius 2 is 2.00 bits per heavy atom. The Labute approximate surface area is 135 Å². The van der Waals surface area contributed by atoms with Crippen LogP contribution in [0, 0.1) is 0 Å². The van der Waals surface area contributed by atoms with Gasteiger partial charge in [-0.15, -0.1) is 0 Å². The van der Waals surface area contributed by atoms with Crippen LogP contribution in [0.25, 0.3) is 11.3 Å². The second-order valence-corrected chi connectivity index (χ2v) is 5.72. The molecular formula is C19H20N2O2. The van der Waals surface area contributed by atoms with E-state index in [0.29, 0.717) is 6.54 Å². The molecule has 1 aliphatic heterocycles. The van der Waals surface area contributed by atoms with Gasteiger partial charge in [-0.3, -0.25) is 9.59 Å². The third-order valence-corrected chi connectivity index (χ3v) is 4.13. The lowest BCUT2D eigenvalue weighted by Gasteiger charge is -2.24. The Morgan fingerprint density at radius 1 is 1.22 bits per heavy atom. The second kappa shape index (κ2) is 6.65. The highest BCUT2D eigenvalue weighted by molar-refractivity contribution is 5.94. The van der Waals surface area contributed by atoms with Gasteiger partial charge in [-0.1, -0.05) is 55.8 Å². The van der Waals surface area contributed by atoms with Crippen LogP contribution in [0.4, 0.5) is 0 Å². The predicted octanol–water partition coefficient (Wildman–Crippen LogP) is 3.22. The van der Waals surface area contributed by atoms with E-state index in [4.69, 9.17) is 0 Å². The number of hydrogen-bond donors (Lipinski definition) is 1. The van der Waals surface area contributed by atoms with Crippen LogP contribution in [-0.4, -0.2) is 28.4 Å². The largest absolute Gasteiger partial charge is 0.328 e. The van der Waals surface area contributed by atoms with Gasteiger partial charge in [0.1, 0.15) is 5.56 Å². The lowest BCUT2D eigenvalue weighted by Crippen LogP contribution is -2.38. The van der Waals surface area contributed by atoms with Gasteiger partial charge in [-0.25, -0.2) is 0 Å². The van der Waals surface area contributed by atoms with E-state index in [-0.39, 0.29) is 23.1 Å². The minimum Gasteiger partial charge on any atom is -0.328 e. The standard InChI is InChI=1S/C19H20N2O2/c1-2-7-15-10-6-13-21(15)19(23)16-11-12-17(20-18(16)22)14-8-4-3-5-9-14/h3-6,8-12,15H,2,7,13H2,1H3,(H,20,22). The summed E-state index contributed by atoms with van der Waals surface area (Å²) < 4.78 is 0. The monoisotopic (exact) mass is 308 g/mol. The van der Waals surface area contributed by atoms with Crippen molar-refractivity contribution in [3.63, 3.8) is 0 Å². The molecule has 3 rings (SSSR count). The third-order valence-electron chi connectivity index (χ3n) is 4.13. The molecule has 1 aromatic heterocycles. The molecule has 2 heterocycles. The normalized spacial score (nSPS) is 16.7. The van der Waals surface area contributed by atoms with Crippen LogP contribution in [0.3, 0.4) is 0 Å². The molecule has 4 nitrogen and oxygen atoms in total. The maximum atomic E-state index is 12.7. The molecule has 0 radical (unpaired) electrons. The smallest absolute Gasteiger partial charge is 0.261 e. The minimum atomic E-state index is -0.335. The van der Waals surface area contributed by atoms with Crippen LogP contribution >= 0.6 is 0 Å². The number of hydrogen-bond acceptors (Lipinski definition) is 2. The van der Waals surface area contributed by atoms with E-state index in [1.54, 1.807) is 17.0 Å². The number of aromatic nitrogens is 1. The van der Waals surface area contributed by atoms with Gasteiger partial charge in [0, 0.05) is 12.2 Å². The van der Waals surface area contributed by atoms with E-state index in [9.17, 15) is 9.59 Å². The van der Waals surface area contributed by atoms with Crippen LogP contribution in [-0.2, 0) is 0 Å². The maximum absolute atomic E-state index is 12.7. The molecule has 1 N–H and O–H groups in total. The van der Waals surface area contributed by atoms with Crippen LogP contribution in [0.1, 0.15) is 30.1 Å². The first-order valence-corrected chi connectivity index (χ1v) is 7.97. The summed E-state index contributed by atoms with van der Waals surface area (Å²) in [6.45, 7) is 2.67. The van der Waals surface area contributed by atoms with Crippen molar-refractivity contribution in [1.82, 2.24) is 9.88 Å². The Kier molecular flexibility index (Phi) is 4.42. The van der Waals surface area contributed by atoms with Crippen LogP contribution in [0.15, 0.2) is 59.4 Å².